The Labute approximate surface area is 133 Å². The van der Waals surface area contributed by atoms with Gasteiger partial charge < -0.3 is 9.52 Å². The smallest absolute Gasteiger partial charge is 0.249 e. The first kappa shape index (κ1) is 15.1. The van der Waals surface area contributed by atoms with E-state index in [1.165, 1.54) is 5.56 Å². The average Bonchev–Trinajstić information content (AvgIpc) is 3.11. The van der Waals surface area contributed by atoms with Crippen LogP contribution in [0.5, 0.6) is 0 Å². The van der Waals surface area contributed by atoms with E-state index in [0.717, 1.165) is 18.3 Å². The van der Waals surface area contributed by atoms with Gasteiger partial charge in [0.1, 0.15) is 6.29 Å². The number of benzene rings is 2. The maximum absolute atomic E-state index is 10.7. The second-order valence-corrected chi connectivity index (χ2v) is 5.18. The summed E-state index contributed by atoms with van der Waals surface area (Å²) < 4.78 is 5.57. The zero-order valence-electron chi connectivity index (χ0n) is 12.6. The van der Waals surface area contributed by atoms with Crippen molar-refractivity contribution in [2.75, 3.05) is 0 Å². The zero-order valence-corrected chi connectivity index (χ0v) is 12.6. The minimum absolute atomic E-state index is 0.124. The van der Waals surface area contributed by atoms with Gasteiger partial charge in [-0.2, -0.15) is 0 Å². The molecule has 1 heterocycles. The standard InChI is InChI=1S/C18H16N2O3/c1-2-12-3-9-15(10-4-12)17-19-20-18(23-17)16(22)14-7-5-13(11-21)6-8-14/h3-11,16,22H,2H2,1H3. The van der Waals surface area contributed by atoms with E-state index < -0.39 is 6.10 Å². The molecule has 1 N–H and O–H groups in total. The van der Waals surface area contributed by atoms with Gasteiger partial charge in [0.15, 0.2) is 6.10 Å². The fraction of sp³-hybridized carbons (Fsp3) is 0.167. The summed E-state index contributed by atoms with van der Waals surface area (Å²) in [4.78, 5) is 10.7. The number of aldehydes is 1. The van der Waals surface area contributed by atoms with Gasteiger partial charge in [0.2, 0.25) is 11.8 Å². The monoisotopic (exact) mass is 308 g/mol. The molecule has 0 aliphatic heterocycles. The maximum atomic E-state index is 10.7. The molecule has 0 aliphatic rings. The first-order valence-electron chi connectivity index (χ1n) is 7.37. The number of aromatic nitrogens is 2. The van der Waals surface area contributed by atoms with Gasteiger partial charge >= 0.3 is 0 Å². The lowest BCUT2D eigenvalue weighted by molar-refractivity contribution is 0.112. The molecule has 3 rings (SSSR count). The summed E-state index contributed by atoms with van der Waals surface area (Å²) in [6.07, 6.45) is 0.693. The van der Waals surface area contributed by atoms with Crippen LogP contribution in [0.3, 0.4) is 0 Å². The molecule has 0 fully saturated rings. The van der Waals surface area contributed by atoms with Crippen LogP contribution in [-0.4, -0.2) is 21.6 Å². The van der Waals surface area contributed by atoms with Gasteiger partial charge in [0.05, 0.1) is 0 Å². The van der Waals surface area contributed by atoms with Crippen molar-refractivity contribution in [2.45, 2.75) is 19.4 Å². The highest BCUT2D eigenvalue weighted by atomic mass is 16.4. The summed E-state index contributed by atoms with van der Waals surface area (Å²) >= 11 is 0. The number of carbonyl (C=O) groups is 1. The van der Waals surface area contributed by atoms with Crippen LogP contribution in [0.2, 0.25) is 0 Å². The van der Waals surface area contributed by atoms with Crippen molar-refractivity contribution < 1.29 is 14.3 Å². The summed E-state index contributed by atoms with van der Waals surface area (Å²) in [5, 5.41) is 18.2. The first-order valence-corrected chi connectivity index (χ1v) is 7.37. The number of aliphatic hydroxyl groups is 1. The minimum Gasteiger partial charge on any atom is -0.417 e. The van der Waals surface area contributed by atoms with E-state index >= 15 is 0 Å². The Morgan fingerprint density at radius 2 is 1.78 bits per heavy atom. The second kappa shape index (κ2) is 6.54. The van der Waals surface area contributed by atoms with Gasteiger partial charge in [0, 0.05) is 11.1 Å². The molecule has 5 nitrogen and oxygen atoms in total. The second-order valence-electron chi connectivity index (χ2n) is 5.18. The van der Waals surface area contributed by atoms with E-state index in [4.69, 9.17) is 4.42 Å². The molecule has 1 aromatic heterocycles. The molecule has 1 atom stereocenters. The quantitative estimate of drug-likeness (QED) is 0.732. The van der Waals surface area contributed by atoms with Gasteiger partial charge in [0.25, 0.3) is 0 Å². The van der Waals surface area contributed by atoms with Crippen LogP contribution in [0.15, 0.2) is 52.9 Å². The van der Waals surface area contributed by atoms with Gasteiger partial charge in [-0.15, -0.1) is 10.2 Å². The molecule has 1 unspecified atom stereocenters. The van der Waals surface area contributed by atoms with Crippen LogP contribution in [0, 0.1) is 0 Å². The molecule has 0 aliphatic carbocycles. The highest BCUT2D eigenvalue weighted by molar-refractivity contribution is 5.74. The van der Waals surface area contributed by atoms with Gasteiger partial charge in [-0.3, -0.25) is 4.79 Å². The number of nitrogens with zero attached hydrogens (tertiary/aromatic N) is 2. The molecule has 0 amide bonds. The number of aliphatic hydroxyl groups excluding tert-OH is 1. The van der Waals surface area contributed by atoms with E-state index in [2.05, 4.69) is 17.1 Å². The SMILES string of the molecule is CCc1ccc(-c2nnc(C(O)c3ccc(C=O)cc3)o2)cc1. The van der Waals surface area contributed by atoms with Crippen molar-refractivity contribution in [1.82, 2.24) is 10.2 Å². The molecule has 3 aromatic rings. The van der Waals surface area contributed by atoms with Crippen molar-refractivity contribution in [3.05, 3.63) is 71.1 Å². The highest BCUT2D eigenvalue weighted by Gasteiger charge is 2.18. The average molecular weight is 308 g/mol. The lowest BCUT2D eigenvalue weighted by atomic mass is 10.1. The molecule has 23 heavy (non-hydrogen) atoms. The molecular formula is C18H16N2O3. The lowest BCUT2D eigenvalue weighted by Gasteiger charge is -2.06. The Balaban J connectivity index is 1.83. The number of rotatable bonds is 5. The van der Waals surface area contributed by atoms with E-state index in [-0.39, 0.29) is 5.89 Å². The van der Waals surface area contributed by atoms with Crippen molar-refractivity contribution >= 4 is 6.29 Å². The molecular weight excluding hydrogens is 292 g/mol. The number of hydrogen-bond acceptors (Lipinski definition) is 5. The predicted octanol–water partition coefficient (Wildman–Crippen LogP) is 3.19. The molecule has 0 bridgehead atoms. The van der Waals surface area contributed by atoms with Crippen molar-refractivity contribution in [1.29, 1.82) is 0 Å². The van der Waals surface area contributed by atoms with Crippen molar-refractivity contribution in [2.24, 2.45) is 0 Å². The molecule has 0 saturated carbocycles. The summed E-state index contributed by atoms with van der Waals surface area (Å²) in [6, 6.07) is 14.4. The number of hydrogen-bond donors (Lipinski definition) is 1. The Kier molecular flexibility index (Phi) is 4.30. The third-order valence-electron chi connectivity index (χ3n) is 3.67. The molecule has 0 saturated heterocycles. The molecule has 116 valence electrons. The van der Waals surface area contributed by atoms with Crippen molar-refractivity contribution in [3.8, 4) is 11.5 Å². The van der Waals surface area contributed by atoms with Crippen LogP contribution in [0.4, 0.5) is 0 Å². The Morgan fingerprint density at radius 3 is 2.39 bits per heavy atom. The molecule has 0 radical (unpaired) electrons. The van der Waals surface area contributed by atoms with Crippen LogP contribution in [-0.2, 0) is 6.42 Å². The fourth-order valence-electron chi connectivity index (χ4n) is 2.24. The maximum Gasteiger partial charge on any atom is 0.249 e. The molecule has 2 aromatic carbocycles. The third kappa shape index (κ3) is 3.19. The van der Waals surface area contributed by atoms with Crippen molar-refractivity contribution in [3.63, 3.8) is 0 Å². The first-order chi connectivity index (χ1) is 11.2. The normalized spacial score (nSPS) is 12.1. The fourth-order valence-corrected chi connectivity index (χ4v) is 2.24. The summed E-state index contributed by atoms with van der Waals surface area (Å²) in [7, 11) is 0. The van der Waals surface area contributed by atoms with Crippen LogP contribution >= 0.6 is 0 Å². The van der Waals surface area contributed by atoms with Gasteiger partial charge in [-0.25, -0.2) is 0 Å². The van der Waals surface area contributed by atoms with E-state index in [9.17, 15) is 9.90 Å². The zero-order chi connectivity index (χ0) is 16.2. The van der Waals surface area contributed by atoms with Gasteiger partial charge in [-0.05, 0) is 29.7 Å². The van der Waals surface area contributed by atoms with E-state index in [1.54, 1.807) is 24.3 Å². The summed E-state index contributed by atoms with van der Waals surface area (Å²) in [5.74, 6) is 0.490. The Bertz CT molecular complexity index is 792. The predicted molar refractivity (Wildman–Crippen MR) is 85.0 cm³/mol. The molecule has 5 heteroatoms. The number of aryl methyl sites for hydroxylation is 1. The van der Waals surface area contributed by atoms with Crippen LogP contribution < -0.4 is 0 Å². The summed E-state index contributed by atoms with van der Waals surface area (Å²) in [5.41, 5.74) is 3.17. The number of carbonyl (C=O) groups excluding carboxylic acids is 1. The molecule has 0 spiro atoms. The summed E-state index contributed by atoms with van der Waals surface area (Å²) in [6.45, 7) is 2.09. The Morgan fingerprint density at radius 1 is 1.09 bits per heavy atom. The topological polar surface area (TPSA) is 76.2 Å². The van der Waals surface area contributed by atoms with Crippen LogP contribution in [0.25, 0.3) is 11.5 Å². The van der Waals surface area contributed by atoms with Gasteiger partial charge in [-0.1, -0.05) is 43.3 Å². The lowest BCUT2D eigenvalue weighted by Crippen LogP contribution is -2.00. The third-order valence-corrected chi connectivity index (χ3v) is 3.67. The Hall–Kier alpha value is -2.79. The minimum atomic E-state index is -1.02. The van der Waals surface area contributed by atoms with E-state index in [1.807, 2.05) is 24.3 Å². The highest BCUT2D eigenvalue weighted by Crippen LogP contribution is 2.25. The van der Waals surface area contributed by atoms with Crippen LogP contribution in [0.1, 0.15) is 40.4 Å². The van der Waals surface area contributed by atoms with E-state index in [0.29, 0.717) is 17.0 Å². The largest absolute Gasteiger partial charge is 0.417 e.